The van der Waals surface area contributed by atoms with Gasteiger partial charge in [0.05, 0.1) is 11.3 Å². The van der Waals surface area contributed by atoms with E-state index in [1.54, 1.807) is 25.1 Å². The third-order valence-corrected chi connectivity index (χ3v) is 3.89. The number of rotatable bonds is 2. The van der Waals surface area contributed by atoms with Crippen molar-refractivity contribution < 1.29 is 9.21 Å². The van der Waals surface area contributed by atoms with E-state index in [9.17, 15) is 4.79 Å². The molecule has 0 saturated heterocycles. The van der Waals surface area contributed by atoms with Gasteiger partial charge >= 0.3 is 0 Å². The Bertz CT molecular complexity index is 649. The van der Waals surface area contributed by atoms with Gasteiger partial charge in [-0.15, -0.1) is 0 Å². The van der Waals surface area contributed by atoms with Gasteiger partial charge in [-0.2, -0.15) is 0 Å². The normalized spacial score (nSPS) is 10.6. The fourth-order valence-corrected chi connectivity index (χ4v) is 2.42. The number of anilines is 1. The molecule has 3 nitrogen and oxygen atoms in total. The van der Waals surface area contributed by atoms with E-state index in [0.717, 1.165) is 15.8 Å². The summed E-state index contributed by atoms with van der Waals surface area (Å²) in [4.78, 5) is 12.3. The van der Waals surface area contributed by atoms with Crippen molar-refractivity contribution in [1.29, 1.82) is 0 Å². The van der Waals surface area contributed by atoms with Gasteiger partial charge in [0.1, 0.15) is 11.5 Å². The summed E-state index contributed by atoms with van der Waals surface area (Å²) in [5, 5.41) is 3.40. The van der Waals surface area contributed by atoms with Crippen LogP contribution in [0.4, 0.5) is 5.69 Å². The van der Waals surface area contributed by atoms with Crippen LogP contribution in [0.1, 0.15) is 27.4 Å². The van der Waals surface area contributed by atoms with Crippen LogP contribution < -0.4 is 5.32 Å². The lowest BCUT2D eigenvalue weighted by Crippen LogP contribution is -2.13. The second-order valence-corrected chi connectivity index (χ2v) is 5.58. The molecule has 0 saturated carbocycles. The molecule has 2 aromatic rings. The van der Waals surface area contributed by atoms with Gasteiger partial charge in [-0.05, 0) is 54.9 Å². The number of furan rings is 1. The molecule has 19 heavy (non-hydrogen) atoms. The van der Waals surface area contributed by atoms with Crippen LogP contribution in [-0.2, 0) is 0 Å². The predicted octanol–water partition coefficient (Wildman–Crippen LogP) is 4.87. The smallest absolute Gasteiger partial charge is 0.259 e. The van der Waals surface area contributed by atoms with E-state index >= 15 is 0 Å². The highest BCUT2D eigenvalue weighted by Gasteiger charge is 2.19. The number of hydrogen-bond acceptors (Lipinski definition) is 2. The van der Waals surface area contributed by atoms with Gasteiger partial charge in [0, 0.05) is 15.1 Å². The maximum absolute atomic E-state index is 12.3. The number of amides is 1. The molecule has 1 amide bonds. The maximum atomic E-state index is 12.3. The Hall–Kier alpha value is -1.26. The molecule has 0 fully saturated rings. The highest BCUT2D eigenvalue weighted by atomic mass is 79.9. The first-order valence-corrected chi connectivity index (χ1v) is 6.90. The van der Waals surface area contributed by atoms with Crippen LogP contribution in [0.5, 0.6) is 0 Å². The summed E-state index contributed by atoms with van der Waals surface area (Å²) in [6.07, 6.45) is 0. The van der Waals surface area contributed by atoms with Crippen molar-refractivity contribution in [2.75, 3.05) is 5.32 Å². The van der Waals surface area contributed by atoms with Gasteiger partial charge in [-0.1, -0.05) is 11.6 Å². The average molecular weight is 343 g/mol. The van der Waals surface area contributed by atoms with E-state index in [1.165, 1.54) is 0 Å². The minimum atomic E-state index is -0.199. The first kappa shape index (κ1) is 14.2. The maximum Gasteiger partial charge on any atom is 0.259 e. The summed E-state index contributed by atoms with van der Waals surface area (Å²) < 4.78 is 6.24. The zero-order valence-electron chi connectivity index (χ0n) is 10.8. The van der Waals surface area contributed by atoms with Crippen LogP contribution >= 0.6 is 27.5 Å². The average Bonchev–Trinajstić information content (AvgIpc) is 2.58. The molecule has 1 heterocycles. The van der Waals surface area contributed by atoms with Crippen LogP contribution in [0.25, 0.3) is 0 Å². The molecule has 0 unspecified atom stereocenters. The molecule has 1 aromatic carbocycles. The molecule has 0 atom stereocenters. The minimum absolute atomic E-state index is 0.199. The van der Waals surface area contributed by atoms with Gasteiger partial charge in [0.15, 0.2) is 0 Å². The Balaban J connectivity index is 2.33. The molecule has 5 heteroatoms. The van der Waals surface area contributed by atoms with Gasteiger partial charge < -0.3 is 9.73 Å². The number of hydrogen-bond donors (Lipinski definition) is 1. The molecular weight excluding hydrogens is 330 g/mol. The zero-order valence-corrected chi connectivity index (χ0v) is 13.1. The fourth-order valence-electron chi connectivity index (χ4n) is 1.91. The molecule has 0 aliphatic heterocycles. The summed E-state index contributed by atoms with van der Waals surface area (Å²) in [7, 11) is 0. The second-order valence-electron chi connectivity index (χ2n) is 4.29. The van der Waals surface area contributed by atoms with Crippen LogP contribution in [-0.4, -0.2) is 5.91 Å². The molecule has 2 rings (SSSR count). The lowest BCUT2D eigenvalue weighted by molar-refractivity contribution is 0.102. The Morgan fingerprint density at radius 3 is 2.53 bits per heavy atom. The molecule has 0 spiro atoms. The summed E-state index contributed by atoms with van der Waals surface area (Å²) in [5.74, 6) is 1.17. The number of nitrogens with one attached hydrogen (secondary N) is 1. The topological polar surface area (TPSA) is 42.2 Å². The largest absolute Gasteiger partial charge is 0.466 e. The lowest BCUT2D eigenvalue weighted by atomic mass is 10.1. The predicted molar refractivity (Wildman–Crippen MR) is 80.0 cm³/mol. The van der Waals surface area contributed by atoms with E-state index in [1.807, 2.05) is 13.8 Å². The van der Waals surface area contributed by atoms with Crippen molar-refractivity contribution >= 4 is 39.1 Å². The van der Waals surface area contributed by atoms with Crippen molar-refractivity contribution in [3.8, 4) is 0 Å². The van der Waals surface area contributed by atoms with E-state index < -0.39 is 0 Å². The van der Waals surface area contributed by atoms with Crippen LogP contribution in [0.15, 0.2) is 27.1 Å². The fraction of sp³-hybridized carbons (Fsp3) is 0.214. The Morgan fingerprint density at radius 1 is 1.26 bits per heavy atom. The summed E-state index contributed by atoms with van der Waals surface area (Å²) in [5.41, 5.74) is 2.06. The van der Waals surface area contributed by atoms with E-state index in [0.29, 0.717) is 22.0 Å². The summed E-state index contributed by atoms with van der Waals surface area (Å²) in [6, 6.07) is 5.24. The standard InChI is InChI=1S/C14H13BrClNO2/c1-7-8(2)19-9(3)13(7)14(18)17-12-6-10(16)4-5-11(12)15/h4-6H,1-3H3,(H,17,18). The molecular formula is C14H13BrClNO2. The monoisotopic (exact) mass is 341 g/mol. The van der Waals surface area contributed by atoms with Gasteiger partial charge in [0.2, 0.25) is 0 Å². The molecule has 0 bridgehead atoms. The van der Waals surface area contributed by atoms with Crippen LogP contribution in [0.3, 0.4) is 0 Å². The van der Waals surface area contributed by atoms with E-state index in [4.69, 9.17) is 16.0 Å². The Labute approximate surface area is 125 Å². The van der Waals surface area contributed by atoms with Crippen molar-refractivity contribution in [3.63, 3.8) is 0 Å². The minimum Gasteiger partial charge on any atom is -0.466 e. The highest BCUT2D eigenvalue weighted by molar-refractivity contribution is 9.10. The van der Waals surface area contributed by atoms with Crippen molar-refractivity contribution in [2.45, 2.75) is 20.8 Å². The van der Waals surface area contributed by atoms with E-state index in [-0.39, 0.29) is 5.91 Å². The van der Waals surface area contributed by atoms with Crippen molar-refractivity contribution in [1.82, 2.24) is 0 Å². The Kier molecular flexibility index (Phi) is 4.02. The van der Waals surface area contributed by atoms with Gasteiger partial charge in [-0.25, -0.2) is 0 Å². The highest BCUT2D eigenvalue weighted by Crippen LogP contribution is 2.28. The van der Waals surface area contributed by atoms with Gasteiger partial charge in [-0.3, -0.25) is 4.79 Å². The third kappa shape index (κ3) is 2.85. The van der Waals surface area contributed by atoms with Crippen molar-refractivity contribution in [3.05, 3.63) is 50.3 Å². The second kappa shape index (κ2) is 5.39. The quantitative estimate of drug-likeness (QED) is 0.845. The number of aryl methyl sites for hydroxylation is 2. The first-order chi connectivity index (χ1) is 8.90. The summed E-state index contributed by atoms with van der Waals surface area (Å²) in [6.45, 7) is 5.49. The molecule has 0 aliphatic rings. The molecule has 1 N–H and O–H groups in total. The molecule has 100 valence electrons. The number of benzene rings is 1. The van der Waals surface area contributed by atoms with Crippen molar-refractivity contribution in [2.24, 2.45) is 0 Å². The van der Waals surface area contributed by atoms with E-state index in [2.05, 4.69) is 21.2 Å². The van der Waals surface area contributed by atoms with Gasteiger partial charge in [0.25, 0.3) is 5.91 Å². The molecule has 1 aromatic heterocycles. The molecule has 0 aliphatic carbocycles. The number of carbonyl (C=O) groups excluding carboxylic acids is 1. The Morgan fingerprint density at radius 2 is 1.95 bits per heavy atom. The summed E-state index contributed by atoms with van der Waals surface area (Å²) >= 11 is 9.30. The first-order valence-electron chi connectivity index (χ1n) is 5.73. The number of carbonyl (C=O) groups is 1. The lowest BCUT2D eigenvalue weighted by Gasteiger charge is -2.08. The number of halogens is 2. The zero-order chi connectivity index (χ0) is 14.2. The third-order valence-electron chi connectivity index (χ3n) is 2.97. The molecule has 0 radical (unpaired) electrons. The van der Waals surface area contributed by atoms with Crippen LogP contribution in [0, 0.1) is 20.8 Å². The van der Waals surface area contributed by atoms with Crippen LogP contribution in [0.2, 0.25) is 5.02 Å². The SMILES string of the molecule is Cc1oc(C)c(C(=O)Nc2cc(Cl)ccc2Br)c1C.